The number of nitrogens with two attached hydrogens (primary N) is 1. The van der Waals surface area contributed by atoms with Gasteiger partial charge in [-0.15, -0.1) is 0 Å². The first-order valence-corrected chi connectivity index (χ1v) is 7.03. The molecule has 1 atom stereocenters. The molecule has 0 spiro atoms. The highest BCUT2D eigenvalue weighted by Crippen LogP contribution is 2.35. The van der Waals surface area contributed by atoms with Crippen molar-refractivity contribution in [1.29, 1.82) is 0 Å². The maximum absolute atomic E-state index is 13.9. The van der Waals surface area contributed by atoms with Crippen molar-refractivity contribution >= 4 is 0 Å². The fourth-order valence-electron chi connectivity index (χ4n) is 2.95. The second-order valence-corrected chi connectivity index (χ2v) is 5.84. The minimum absolute atomic E-state index is 0.224. The molecule has 0 aliphatic heterocycles. The van der Waals surface area contributed by atoms with Gasteiger partial charge in [-0.05, 0) is 56.0 Å². The Kier molecular flexibility index (Phi) is 4.33. The Morgan fingerprint density at radius 1 is 1.19 bits per heavy atom. The normalized spacial score (nSPS) is 13.8. The molecular weight excluding hydrogens is 265 g/mol. The molecule has 21 heavy (non-hydrogen) atoms. The van der Waals surface area contributed by atoms with Crippen molar-refractivity contribution in [3.63, 3.8) is 0 Å². The average Bonchev–Trinajstić information content (AvgIpc) is 2.39. The van der Waals surface area contributed by atoms with E-state index in [2.05, 4.69) is 6.07 Å². The molecule has 112 valence electrons. The highest BCUT2D eigenvalue weighted by atomic mass is 19.1. The van der Waals surface area contributed by atoms with Crippen LogP contribution in [0.3, 0.4) is 0 Å². The lowest BCUT2D eigenvalue weighted by Gasteiger charge is -2.29. The van der Waals surface area contributed by atoms with Crippen LogP contribution in [0.25, 0.3) is 0 Å². The van der Waals surface area contributed by atoms with E-state index in [9.17, 15) is 4.39 Å². The van der Waals surface area contributed by atoms with Crippen LogP contribution >= 0.6 is 0 Å². The topological polar surface area (TPSA) is 35.2 Å². The first-order chi connectivity index (χ1) is 9.85. The molecule has 0 aliphatic rings. The number of rotatable bonds is 4. The summed E-state index contributed by atoms with van der Waals surface area (Å²) >= 11 is 0. The Bertz CT molecular complexity index is 650. The molecule has 2 rings (SSSR count). The van der Waals surface area contributed by atoms with Crippen molar-refractivity contribution in [1.82, 2.24) is 0 Å². The van der Waals surface area contributed by atoms with Gasteiger partial charge >= 0.3 is 0 Å². The van der Waals surface area contributed by atoms with Crippen LogP contribution in [-0.4, -0.2) is 7.11 Å². The predicted molar refractivity (Wildman–Crippen MR) is 84.1 cm³/mol. The highest BCUT2D eigenvalue weighted by Gasteiger charge is 2.28. The summed E-state index contributed by atoms with van der Waals surface area (Å²) < 4.78 is 19.4. The van der Waals surface area contributed by atoms with Crippen LogP contribution < -0.4 is 10.5 Å². The van der Waals surface area contributed by atoms with Gasteiger partial charge in [-0.3, -0.25) is 0 Å². The van der Waals surface area contributed by atoms with Gasteiger partial charge in [-0.1, -0.05) is 24.3 Å². The average molecular weight is 287 g/mol. The maximum atomic E-state index is 13.9. The SMILES string of the molecule is COc1cc(C)cc(C)c1C(C)(N)Cc1ccccc1F. The van der Waals surface area contributed by atoms with E-state index >= 15 is 0 Å². The van der Waals surface area contributed by atoms with Crippen LogP contribution in [0, 0.1) is 19.7 Å². The predicted octanol–water partition coefficient (Wildman–Crippen LogP) is 3.87. The van der Waals surface area contributed by atoms with E-state index in [0.29, 0.717) is 12.0 Å². The summed E-state index contributed by atoms with van der Waals surface area (Å²) in [6.07, 6.45) is 0.417. The molecule has 0 bridgehead atoms. The lowest BCUT2D eigenvalue weighted by Crippen LogP contribution is -2.37. The second kappa shape index (κ2) is 5.86. The molecule has 2 aromatic carbocycles. The number of halogens is 1. The van der Waals surface area contributed by atoms with E-state index in [4.69, 9.17) is 10.5 Å². The lowest BCUT2D eigenvalue weighted by atomic mass is 9.82. The molecule has 0 amide bonds. The molecule has 0 aromatic heterocycles. The third kappa shape index (κ3) is 3.24. The van der Waals surface area contributed by atoms with E-state index in [1.54, 1.807) is 19.2 Å². The molecule has 0 fully saturated rings. The van der Waals surface area contributed by atoms with E-state index in [0.717, 1.165) is 22.4 Å². The van der Waals surface area contributed by atoms with Gasteiger partial charge in [0, 0.05) is 11.1 Å². The fraction of sp³-hybridized carbons (Fsp3) is 0.333. The Morgan fingerprint density at radius 3 is 2.48 bits per heavy atom. The van der Waals surface area contributed by atoms with Crippen LogP contribution in [0.2, 0.25) is 0 Å². The summed E-state index contributed by atoms with van der Waals surface area (Å²) in [4.78, 5) is 0. The quantitative estimate of drug-likeness (QED) is 0.926. The first kappa shape index (κ1) is 15.5. The zero-order valence-electron chi connectivity index (χ0n) is 13.0. The van der Waals surface area contributed by atoms with Gasteiger partial charge < -0.3 is 10.5 Å². The number of methoxy groups -OCH3 is 1. The Hall–Kier alpha value is -1.87. The summed E-state index contributed by atoms with van der Waals surface area (Å²) in [5.41, 5.74) is 9.54. The van der Waals surface area contributed by atoms with Crippen LogP contribution in [0.15, 0.2) is 36.4 Å². The van der Waals surface area contributed by atoms with Crippen LogP contribution in [0.1, 0.15) is 29.2 Å². The Morgan fingerprint density at radius 2 is 1.86 bits per heavy atom. The van der Waals surface area contributed by atoms with Gasteiger partial charge in [0.05, 0.1) is 7.11 Å². The molecule has 2 nitrogen and oxygen atoms in total. The van der Waals surface area contributed by atoms with Crippen molar-refractivity contribution in [2.75, 3.05) is 7.11 Å². The lowest BCUT2D eigenvalue weighted by molar-refractivity contribution is 0.383. The smallest absolute Gasteiger partial charge is 0.126 e. The highest BCUT2D eigenvalue weighted by molar-refractivity contribution is 5.47. The van der Waals surface area contributed by atoms with Crippen molar-refractivity contribution in [3.05, 3.63) is 64.5 Å². The summed E-state index contributed by atoms with van der Waals surface area (Å²) in [6.45, 7) is 5.95. The van der Waals surface area contributed by atoms with E-state index in [-0.39, 0.29) is 5.82 Å². The zero-order chi connectivity index (χ0) is 15.6. The number of hydrogen-bond acceptors (Lipinski definition) is 2. The molecule has 3 heteroatoms. The third-order valence-corrected chi connectivity index (χ3v) is 3.75. The molecule has 0 radical (unpaired) electrons. The van der Waals surface area contributed by atoms with Crippen molar-refractivity contribution in [2.24, 2.45) is 5.73 Å². The monoisotopic (exact) mass is 287 g/mol. The molecule has 0 heterocycles. The third-order valence-electron chi connectivity index (χ3n) is 3.75. The Labute approximate surface area is 125 Å². The van der Waals surface area contributed by atoms with Crippen molar-refractivity contribution in [2.45, 2.75) is 32.7 Å². The summed E-state index contributed by atoms with van der Waals surface area (Å²) in [7, 11) is 1.64. The molecule has 0 saturated carbocycles. The molecule has 0 aliphatic carbocycles. The van der Waals surface area contributed by atoms with Gasteiger partial charge in [0.25, 0.3) is 0 Å². The fourth-order valence-corrected chi connectivity index (χ4v) is 2.95. The molecule has 2 N–H and O–H groups in total. The molecule has 2 aromatic rings. The van der Waals surface area contributed by atoms with Gasteiger partial charge in [-0.25, -0.2) is 4.39 Å². The summed E-state index contributed by atoms with van der Waals surface area (Å²) in [5.74, 6) is 0.534. The van der Waals surface area contributed by atoms with Gasteiger partial charge in [-0.2, -0.15) is 0 Å². The van der Waals surface area contributed by atoms with Gasteiger partial charge in [0.1, 0.15) is 11.6 Å². The molecule has 1 unspecified atom stereocenters. The van der Waals surface area contributed by atoms with Crippen LogP contribution in [0.4, 0.5) is 4.39 Å². The first-order valence-electron chi connectivity index (χ1n) is 7.03. The number of benzene rings is 2. The minimum Gasteiger partial charge on any atom is -0.496 e. The van der Waals surface area contributed by atoms with Crippen LogP contribution in [0.5, 0.6) is 5.75 Å². The van der Waals surface area contributed by atoms with E-state index in [1.165, 1.54) is 6.07 Å². The molecule has 0 saturated heterocycles. The second-order valence-electron chi connectivity index (χ2n) is 5.84. The largest absolute Gasteiger partial charge is 0.496 e. The number of hydrogen-bond donors (Lipinski definition) is 1. The maximum Gasteiger partial charge on any atom is 0.126 e. The van der Waals surface area contributed by atoms with Gasteiger partial charge in [0.15, 0.2) is 0 Å². The van der Waals surface area contributed by atoms with Crippen molar-refractivity contribution in [3.8, 4) is 5.75 Å². The molecular formula is C18H22FNO. The standard InChI is InChI=1S/C18H22FNO/c1-12-9-13(2)17(16(10-12)21-4)18(3,20)11-14-7-5-6-8-15(14)19/h5-10H,11,20H2,1-4H3. The Balaban J connectivity index is 2.47. The van der Waals surface area contributed by atoms with E-state index < -0.39 is 5.54 Å². The minimum atomic E-state index is -0.703. The van der Waals surface area contributed by atoms with E-state index in [1.807, 2.05) is 32.9 Å². The number of ether oxygens (including phenoxy) is 1. The summed E-state index contributed by atoms with van der Waals surface area (Å²) in [6, 6.07) is 10.8. The summed E-state index contributed by atoms with van der Waals surface area (Å²) in [5, 5.41) is 0. The van der Waals surface area contributed by atoms with Crippen molar-refractivity contribution < 1.29 is 9.13 Å². The van der Waals surface area contributed by atoms with Crippen LogP contribution in [-0.2, 0) is 12.0 Å². The zero-order valence-corrected chi connectivity index (χ0v) is 13.0. The van der Waals surface area contributed by atoms with Gasteiger partial charge in [0.2, 0.25) is 0 Å². The number of aryl methyl sites for hydroxylation is 2.